The Kier molecular flexibility index (Phi) is 8.28. The smallest absolute Gasteiger partial charge is 0.401 e. The number of halogens is 4. The molecular formula is C17H24F3IN4O3. The molecule has 1 fully saturated rings. The number of fused-ring (bicyclic) bond motifs is 1. The lowest BCUT2D eigenvalue weighted by Crippen LogP contribution is -2.46. The summed E-state index contributed by atoms with van der Waals surface area (Å²) in [5, 5.41) is 6.25. The summed E-state index contributed by atoms with van der Waals surface area (Å²) >= 11 is 0. The second-order valence-corrected chi connectivity index (χ2v) is 6.34. The Balaban J connectivity index is 0.00000280. The maximum absolute atomic E-state index is 12.5. The van der Waals surface area contributed by atoms with Crippen molar-refractivity contribution < 1.29 is 27.4 Å². The lowest BCUT2D eigenvalue weighted by molar-refractivity contribution is -0.143. The van der Waals surface area contributed by atoms with Gasteiger partial charge in [0, 0.05) is 32.2 Å². The summed E-state index contributed by atoms with van der Waals surface area (Å²) in [6, 6.07) is 5.30. The molecule has 2 aliphatic rings. The normalized spacial score (nSPS) is 19.3. The molecule has 0 aliphatic carbocycles. The summed E-state index contributed by atoms with van der Waals surface area (Å²) in [6.07, 6.45) is -3.52. The zero-order valence-electron chi connectivity index (χ0n) is 15.4. The first-order chi connectivity index (χ1) is 12.9. The summed E-state index contributed by atoms with van der Waals surface area (Å²) in [5.74, 6) is 2.56. The number of rotatable bonds is 6. The van der Waals surface area contributed by atoms with Crippen LogP contribution in [0.1, 0.15) is 6.42 Å². The van der Waals surface area contributed by atoms with E-state index in [4.69, 9.17) is 14.2 Å². The molecule has 0 radical (unpaired) electrons. The van der Waals surface area contributed by atoms with Crippen LogP contribution in [0.3, 0.4) is 0 Å². The van der Waals surface area contributed by atoms with Gasteiger partial charge in [-0.3, -0.25) is 9.89 Å². The van der Waals surface area contributed by atoms with Crippen LogP contribution in [0.25, 0.3) is 0 Å². The molecule has 2 heterocycles. The van der Waals surface area contributed by atoms with Gasteiger partial charge in [0.15, 0.2) is 17.5 Å². The van der Waals surface area contributed by atoms with Gasteiger partial charge in [-0.15, -0.1) is 24.0 Å². The van der Waals surface area contributed by atoms with Gasteiger partial charge in [-0.2, -0.15) is 13.2 Å². The van der Waals surface area contributed by atoms with Crippen LogP contribution in [0.4, 0.5) is 13.2 Å². The minimum atomic E-state index is -4.17. The minimum absolute atomic E-state index is 0. The molecule has 1 aromatic rings. The van der Waals surface area contributed by atoms with E-state index < -0.39 is 12.7 Å². The molecule has 0 amide bonds. The molecule has 7 nitrogen and oxygen atoms in total. The molecule has 1 unspecified atom stereocenters. The summed E-state index contributed by atoms with van der Waals surface area (Å²) < 4.78 is 53.6. The number of aliphatic imine (C=N–C) groups is 1. The van der Waals surface area contributed by atoms with E-state index in [9.17, 15) is 13.2 Å². The fourth-order valence-electron chi connectivity index (χ4n) is 3.04. The summed E-state index contributed by atoms with van der Waals surface area (Å²) in [6.45, 7) is 0.984. The predicted octanol–water partition coefficient (Wildman–Crippen LogP) is 2.21. The third-order valence-corrected chi connectivity index (χ3v) is 4.25. The molecule has 11 heteroatoms. The number of alkyl halides is 3. The molecule has 0 aromatic heterocycles. The molecule has 0 spiro atoms. The fraction of sp³-hybridized carbons (Fsp3) is 0.588. The second kappa shape index (κ2) is 10.2. The standard InChI is InChI=1S/C17H23F3N4O3.HI/c1-21-16(23-12-4-6-24(9-12)10-17(18,19)20)22-5-7-25-13-2-3-14-15(8-13)27-11-26-14;/h2-3,8,12H,4-7,9-11H2,1H3,(H2,21,22,23);1H. The van der Waals surface area contributed by atoms with Crippen LogP contribution >= 0.6 is 24.0 Å². The highest BCUT2D eigenvalue weighted by molar-refractivity contribution is 14.0. The van der Waals surface area contributed by atoms with E-state index in [1.54, 1.807) is 25.2 Å². The highest BCUT2D eigenvalue weighted by Crippen LogP contribution is 2.34. The van der Waals surface area contributed by atoms with Crippen LogP contribution in [-0.4, -0.2) is 69.7 Å². The van der Waals surface area contributed by atoms with Gasteiger partial charge in [-0.1, -0.05) is 0 Å². The van der Waals surface area contributed by atoms with Crippen molar-refractivity contribution in [3.8, 4) is 17.2 Å². The number of likely N-dealkylation sites (tertiary alicyclic amines) is 1. The van der Waals surface area contributed by atoms with Crippen LogP contribution < -0.4 is 24.8 Å². The lowest BCUT2D eigenvalue weighted by atomic mass is 10.3. The summed E-state index contributed by atoms with van der Waals surface area (Å²) in [5.41, 5.74) is 0. The number of hydrogen-bond acceptors (Lipinski definition) is 5. The van der Waals surface area contributed by atoms with Crippen molar-refractivity contribution in [3.05, 3.63) is 18.2 Å². The van der Waals surface area contributed by atoms with E-state index in [1.165, 1.54) is 4.90 Å². The Hall–Kier alpha value is -1.63. The Morgan fingerprint density at radius 3 is 2.86 bits per heavy atom. The number of hydrogen-bond donors (Lipinski definition) is 2. The van der Waals surface area contributed by atoms with Crippen molar-refractivity contribution in [2.24, 2.45) is 4.99 Å². The molecule has 2 aliphatic heterocycles. The zero-order valence-corrected chi connectivity index (χ0v) is 17.8. The molecule has 0 saturated carbocycles. The van der Waals surface area contributed by atoms with E-state index in [2.05, 4.69) is 15.6 Å². The van der Waals surface area contributed by atoms with Crippen LogP contribution in [0.2, 0.25) is 0 Å². The van der Waals surface area contributed by atoms with Crippen molar-refractivity contribution in [2.45, 2.75) is 18.6 Å². The fourth-order valence-corrected chi connectivity index (χ4v) is 3.04. The highest BCUT2D eigenvalue weighted by atomic mass is 127. The van der Waals surface area contributed by atoms with E-state index in [1.807, 2.05) is 0 Å². The number of guanidine groups is 1. The zero-order chi connectivity index (χ0) is 19.3. The Bertz CT molecular complexity index is 676. The van der Waals surface area contributed by atoms with E-state index >= 15 is 0 Å². The van der Waals surface area contributed by atoms with E-state index in [-0.39, 0.29) is 36.8 Å². The van der Waals surface area contributed by atoms with Gasteiger partial charge in [0.25, 0.3) is 0 Å². The van der Waals surface area contributed by atoms with Crippen molar-refractivity contribution >= 4 is 29.9 Å². The van der Waals surface area contributed by atoms with Gasteiger partial charge >= 0.3 is 6.18 Å². The molecular weight excluding hydrogens is 492 g/mol. The molecule has 3 rings (SSSR count). The third-order valence-electron chi connectivity index (χ3n) is 4.25. The van der Waals surface area contributed by atoms with Crippen molar-refractivity contribution in [2.75, 3.05) is 46.6 Å². The van der Waals surface area contributed by atoms with Gasteiger partial charge in [0.1, 0.15) is 12.4 Å². The first-order valence-corrected chi connectivity index (χ1v) is 8.72. The maximum Gasteiger partial charge on any atom is 0.401 e. The van der Waals surface area contributed by atoms with Gasteiger partial charge in [0.05, 0.1) is 13.1 Å². The Morgan fingerprint density at radius 1 is 1.32 bits per heavy atom. The highest BCUT2D eigenvalue weighted by Gasteiger charge is 2.34. The van der Waals surface area contributed by atoms with Crippen LogP contribution in [0, 0.1) is 0 Å². The summed E-state index contributed by atoms with van der Waals surface area (Å²) in [7, 11) is 1.62. The molecule has 158 valence electrons. The molecule has 28 heavy (non-hydrogen) atoms. The maximum atomic E-state index is 12.5. The lowest BCUT2D eigenvalue weighted by Gasteiger charge is -2.19. The number of nitrogens with one attached hydrogen (secondary N) is 2. The molecule has 1 atom stereocenters. The number of nitrogens with zero attached hydrogens (tertiary/aromatic N) is 2. The topological polar surface area (TPSA) is 67.4 Å². The van der Waals surface area contributed by atoms with Crippen LogP contribution in [0.15, 0.2) is 23.2 Å². The predicted molar refractivity (Wildman–Crippen MR) is 109 cm³/mol. The average Bonchev–Trinajstić information content (AvgIpc) is 3.24. The quantitative estimate of drug-likeness (QED) is 0.262. The molecule has 1 saturated heterocycles. The molecule has 0 bridgehead atoms. The Morgan fingerprint density at radius 2 is 2.11 bits per heavy atom. The van der Waals surface area contributed by atoms with Crippen LogP contribution in [-0.2, 0) is 0 Å². The van der Waals surface area contributed by atoms with Crippen molar-refractivity contribution in [1.29, 1.82) is 0 Å². The SMILES string of the molecule is CN=C(NCCOc1ccc2c(c1)OCO2)NC1CCN(CC(F)(F)F)C1.I. The monoisotopic (exact) mass is 516 g/mol. The van der Waals surface area contributed by atoms with Gasteiger partial charge in [0.2, 0.25) is 6.79 Å². The van der Waals surface area contributed by atoms with Crippen molar-refractivity contribution in [3.63, 3.8) is 0 Å². The number of ether oxygens (including phenoxy) is 3. The Labute approximate surface area is 178 Å². The van der Waals surface area contributed by atoms with Gasteiger partial charge < -0.3 is 24.8 Å². The van der Waals surface area contributed by atoms with Crippen LogP contribution in [0.5, 0.6) is 17.2 Å². The largest absolute Gasteiger partial charge is 0.492 e. The number of benzene rings is 1. The minimum Gasteiger partial charge on any atom is -0.492 e. The summed E-state index contributed by atoms with van der Waals surface area (Å²) in [4.78, 5) is 5.50. The molecule has 1 aromatic carbocycles. The first kappa shape index (κ1) is 22.7. The second-order valence-electron chi connectivity index (χ2n) is 6.34. The molecule has 2 N–H and O–H groups in total. The van der Waals surface area contributed by atoms with Crippen molar-refractivity contribution in [1.82, 2.24) is 15.5 Å². The van der Waals surface area contributed by atoms with E-state index in [0.29, 0.717) is 55.9 Å². The van der Waals surface area contributed by atoms with Gasteiger partial charge in [-0.25, -0.2) is 0 Å². The van der Waals surface area contributed by atoms with Gasteiger partial charge in [-0.05, 0) is 18.6 Å². The average molecular weight is 516 g/mol. The first-order valence-electron chi connectivity index (χ1n) is 8.72. The van der Waals surface area contributed by atoms with E-state index in [0.717, 1.165) is 0 Å². The third kappa shape index (κ3) is 6.76.